The molecule has 4 heterocycles. The number of hydrazine groups is 1. The van der Waals surface area contributed by atoms with Gasteiger partial charge in [0.1, 0.15) is 11.5 Å². The van der Waals surface area contributed by atoms with Crippen LogP contribution in [0.25, 0.3) is 0 Å². The summed E-state index contributed by atoms with van der Waals surface area (Å²) in [7, 11) is 0. The van der Waals surface area contributed by atoms with Gasteiger partial charge in [0, 0.05) is 50.6 Å². The van der Waals surface area contributed by atoms with Crippen LogP contribution in [0.5, 0.6) is 0 Å². The number of piperidine rings is 1. The molecule has 2 aliphatic heterocycles. The van der Waals surface area contributed by atoms with Crippen molar-refractivity contribution < 1.29 is 9.59 Å². The van der Waals surface area contributed by atoms with E-state index in [1.165, 1.54) is 0 Å². The summed E-state index contributed by atoms with van der Waals surface area (Å²) >= 11 is 0. The third-order valence-corrected chi connectivity index (χ3v) is 5.14. The molecular formula is C18H23N7O2. The lowest BCUT2D eigenvalue weighted by molar-refractivity contribution is -0.126. The van der Waals surface area contributed by atoms with Crippen molar-refractivity contribution in [2.45, 2.75) is 38.6 Å². The fourth-order valence-electron chi connectivity index (χ4n) is 3.60. The van der Waals surface area contributed by atoms with E-state index in [0.717, 1.165) is 31.6 Å². The number of aryl methyl sites for hydroxylation is 2. The summed E-state index contributed by atoms with van der Waals surface area (Å²) in [4.78, 5) is 39.5. The molecule has 2 amide bonds. The second-order valence-electron chi connectivity index (χ2n) is 6.95. The van der Waals surface area contributed by atoms with E-state index in [1.54, 1.807) is 24.7 Å². The van der Waals surface area contributed by atoms with Gasteiger partial charge in [0.05, 0.1) is 0 Å². The summed E-state index contributed by atoms with van der Waals surface area (Å²) in [6.45, 7) is 2.32. The molecule has 0 spiro atoms. The largest absolute Gasteiger partial charge is 0.341 e. The molecule has 2 aliphatic rings. The number of rotatable bonds is 3. The SMILES string of the molecule is O=C(NNC(=O)C1CCN(c2ncccn2)CC1)c1cn2c(n1)CCCC2. The van der Waals surface area contributed by atoms with E-state index in [9.17, 15) is 9.59 Å². The lowest BCUT2D eigenvalue weighted by Crippen LogP contribution is -2.47. The Labute approximate surface area is 157 Å². The van der Waals surface area contributed by atoms with Gasteiger partial charge in [-0.2, -0.15) is 0 Å². The van der Waals surface area contributed by atoms with Crippen molar-refractivity contribution in [2.75, 3.05) is 18.0 Å². The van der Waals surface area contributed by atoms with Crippen LogP contribution in [0.2, 0.25) is 0 Å². The summed E-state index contributed by atoms with van der Waals surface area (Å²) in [5, 5.41) is 0. The first-order valence-electron chi connectivity index (χ1n) is 9.39. The summed E-state index contributed by atoms with van der Waals surface area (Å²) in [5.74, 6) is 0.948. The van der Waals surface area contributed by atoms with Crippen molar-refractivity contribution in [2.24, 2.45) is 5.92 Å². The minimum Gasteiger partial charge on any atom is -0.341 e. The zero-order valence-corrected chi connectivity index (χ0v) is 15.1. The topological polar surface area (TPSA) is 105 Å². The van der Waals surface area contributed by atoms with Gasteiger partial charge in [0.15, 0.2) is 0 Å². The van der Waals surface area contributed by atoms with Crippen LogP contribution < -0.4 is 15.8 Å². The van der Waals surface area contributed by atoms with Crippen LogP contribution in [0.1, 0.15) is 42.0 Å². The van der Waals surface area contributed by atoms with Crippen molar-refractivity contribution in [1.82, 2.24) is 30.4 Å². The third kappa shape index (κ3) is 3.91. The third-order valence-electron chi connectivity index (χ3n) is 5.14. The minimum atomic E-state index is -0.375. The number of fused-ring (bicyclic) bond motifs is 1. The molecule has 142 valence electrons. The zero-order valence-electron chi connectivity index (χ0n) is 15.1. The number of hydrogen-bond acceptors (Lipinski definition) is 6. The van der Waals surface area contributed by atoms with Crippen molar-refractivity contribution in [3.8, 4) is 0 Å². The van der Waals surface area contributed by atoms with Gasteiger partial charge in [0.25, 0.3) is 5.91 Å². The van der Waals surface area contributed by atoms with Gasteiger partial charge in [-0.1, -0.05) is 0 Å². The van der Waals surface area contributed by atoms with E-state index >= 15 is 0 Å². The molecule has 4 rings (SSSR count). The van der Waals surface area contributed by atoms with Gasteiger partial charge in [0.2, 0.25) is 11.9 Å². The van der Waals surface area contributed by atoms with Crippen LogP contribution in [0, 0.1) is 5.92 Å². The van der Waals surface area contributed by atoms with E-state index in [0.29, 0.717) is 37.6 Å². The Morgan fingerprint density at radius 2 is 1.81 bits per heavy atom. The molecule has 0 bridgehead atoms. The number of anilines is 1. The molecule has 2 aromatic heterocycles. The van der Waals surface area contributed by atoms with E-state index < -0.39 is 0 Å². The number of imidazole rings is 1. The minimum absolute atomic E-state index is 0.138. The van der Waals surface area contributed by atoms with Gasteiger partial charge in [-0.3, -0.25) is 20.4 Å². The number of hydrogen-bond donors (Lipinski definition) is 2. The first-order valence-corrected chi connectivity index (χ1v) is 9.39. The highest BCUT2D eigenvalue weighted by atomic mass is 16.2. The standard InChI is InChI=1S/C18H23N7O2/c26-16(13-5-10-24(11-6-13)18-19-7-3-8-20-18)22-23-17(27)14-12-25-9-2-1-4-15(25)21-14/h3,7-8,12-13H,1-2,4-6,9-11H2,(H,22,26)(H,23,27). The Bertz CT molecular complexity index is 789. The molecule has 0 aromatic carbocycles. The molecule has 9 nitrogen and oxygen atoms in total. The Kier molecular flexibility index (Phi) is 4.99. The highest BCUT2D eigenvalue weighted by Gasteiger charge is 2.26. The van der Waals surface area contributed by atoms with E-state index in [-0.39, 0.29) is 17.7 Å². The number of nitrogens with one attached hydrogen (secondary N) is 2. The van der Waals surface area contributed by atoms with Gasteiger partial charge in [-0.25, -0.2) is 15.0 Å². The predicted molar refractivity (Wildman–Crippen MR) is 97.7 cm³/mol. The normalized spacial score (nSPS) is 17.3. The Morgan fingerprint density at radius 1 is 1.04 bits per heavy atom. The molecule has 0 aliphatic carbocycles. The molecule has 27 heavy (non-hydrogen) atoms. The summed E-state index contributed by atoms with van der Waals surface area (Å²) in [6, 6.07) is 1.78. The first-order chi connectivity index (χ1) is 13.2. The average molecular weight is 369 g/mol. The highest BCUT2D eigenvalue weighted by molar-refractivity contribution is 5.93. The molecule has 2 aromatic rings. The summed E-state index contributed by atoms with van der Waals surface area (Å²) in [6.07, 6.45) is 9.67. The monoisotopic (exact) mass is 369 g/mol. The lowest BCUT2D eigenvalue weighted by atomic mass is 9.96. The molecule has 0 unspecified atom stereocenters. The van der Waals surface area contributed by atoms with Gasteiger partial charge in [-0.15, -0.1) is 0 Å². The molecule has 1 saturated heterocycles. The van der Waals surface area contributed by atoms with Crippen LogP contribution in [0.3, 0.4) is 0 Å². The highest BCUT2D eigenvalue weighted by Crippen LogP contribution is 2.20. The van der Waals surface area contributed by atoms with Crippen LogP contribution in [0.15, 0.2) is 24.7 Å². The molecule has 0 saturated carbocycles. The summed E-state index contributed by atoms with van der Waals surface area (Å²) < 4.78 is 2.02. The fourth-order valence-corrected chi connectivity index (χ4v) is 3.60. The maximum absolute atomic E-state index is 12.4. The van der Waals surface area contributed by atoms with E-state index in [1.807, 2.05) is 4.57 Å². The van der Waals surface area contributed by atoms with Crippen molar-refractivity contribution in [1.29, 1.82) is 0 Å². The number of nitrogens with zero attached hydrogens (tertiary/aromatic N) is 5. The molecule has 9 heteroatoms. The van der Waals surface area contributed by atoms with E-state index in [2.05, 4.69) is 30.7 Å². The number of carbonyl (C=O) groups is 2. The Hall–Kier alpha value is -2.97. The quantitative estimate of drug-likeness (QED) is 0.771. The smallest absolute Gasteiger partial charge is 0.289 e. The van der Waals surface area contributed by atoms with Gasteiger partial charge < -0.3 is 9.47 Å². The average Bonchev–Trinajstić information content (AvgIpc) is 3.17. The first kappa shape index (κ1) is 17.4. The van der Waals surface area contributed by atoms with Crippen molar-refractivity contribution in [3.05, 3.63) is 36.2 Å². The molecule has 1 fully saturated rings. The molecule has 0 radical (unpaired) electrons. The summed E-state index contributed by atoms with van der Waals surface area (Å²) in [5.41, 5.74) is 5.39. The molecular weight excluding hydrogens is 346 g/mol. The second-order valence-corrected chi connectivity index (χ2v) is 6.95. The molecule has 0 atom stereocenters. The maximum Gasteiger partial charge on any atom is 0.289 e. The zero-order chi connectivity index (χ0) is 18.6. The van der Waals surface area contributed by atoms with Crippen LogP contribution >= 0.6 is 0 Å². The Morgan fingerprint density at radius 3 is 2.56 bits per heavy atom. The van der Waals surface area contributed by atoms with Gasteiger partial charge in [-0.05, 0) is 31.7 Å². The van der Waals surface area contributed by atoms with Crippen molar-refractivity contribution >= 4 is 17.8 Å². The number of aromatic nitrogens is 4. The van der Waals surface area contributed by atoms with Crippen molar-refractivity contribution in [3.63, 3.8) is 0 Å². The lowest BCUT2D eigenvalue weighted by Gasteiger charge is -2.31. The van der Waals surface area contributed by atoms with Gasteiger partial charge >= 0.3 is 0 Å². The predicted octanol–water partition coefficient (Wildman–Crippen LogP) is 0.687. The fraction of sp³-hybridized carbons (Fsp3) is 0.500. The second kappa shape index (κ2) is 7.73. The number of amides is 2. The van der Waals surface area contributed by atoms with Crippen LogP contribution in [-0.4, -0.2) is 44.4 Å². The maximum atomic E-state index is 12.4. The Balaban J connectivity index is 1.26. The number of carbonyl (C=O) groups excluding carboxylic acids is 2. The molecule has 2 N–H and O–H groups in total. The van der Waals surface area contributed by atoms with E-state index in [4.69, 9.17) is 0 Å². The van der Waals surface area contributed by atoms with Crippen LogP contribution in [-0.2, 0) is 17.8 Å². The van der Waals surface area contributed by atoms with Crippen LogP contribution in [0.4, 0.5) is 5.95 Å².